The lowest BCUT2D eigenvalue weighted by molar-refractivity contribution is 0.254. The number of hydrogen-bond acceptors (Lipinski definition) is 4. The second-order valence-electron chi connectivity index (χ2n) is 4.41. The molecule has 0 saturated heterocycles. The minimum absolute atomic E-state index is 0.0227. The number of aliphatic hydroxyl groups excluding tert-OH is 1. The molecule has 1 atom stereocenters. The van der Waals surface area contributed by atoms with E-state index < -0.39 is 10.0 Å². The highest BCUT2D eigenvalue weighted by molar-refractivity contribution is 7.89. The Hall–Kier alpha value is -0.530. The fraction of sp³-hybridized carbons (Fsp3) is 0.500. The van der Waals surface area contributed by atoms with Gasteiger partial charge in [-0.2, -0.15) is 0 Å². The predicted molar refractivity (Wildman–Crippen MR) is 81.5 cm³/mol. The minimum Gasteiger partial charge on any atom is -0.396 e. The molecule has 1 rings (SSSR count). The van der Waals surface area contributed by atoms with Crippen molar-refractivity contribution in [3.05, 3.63) is 22.2 Å². The lowest BCUT2D eigenvalue weighted by atomic mass is 10.0. The number of nitrogens with two attached hydrogens (primary N) is 1. The lowest BCUT2D eigenvalue weighted by Gasteiger charge is -2.15. The van der Waals surface area contributed by atoms with Crippen LogP contribution >= 0.6 is 23.2 Å². The molecule has 1 aromatic carbocycles. The average Bonchev–Trinajstić information content (AvgIpc) is 2.40. The van der Waals surface area contributed by atoms with Crippen LogP contribution < -0.4 is 10.5 Å². The number of halogens is 2. The molecular weight excluding hydrogens is 323 g/mol. The second kappa shape index (κ2) is 7.47. The Morgan fingerprint density at radius 3 is 2.60 bits per heavy atom. The van der Waals surface area contributed by atoms with Crippen LogP contribution in [0.1, 0.15) is 19.8 Å². The van der Waals surface area contributed by atoms with Gasteiger partial charge in [-0.3, -0.25) is 0 Å². The van der Waals surface area contributed by atoms with Gasteiger partial charge in [-0.25, -0.2) is 13.1 Å². The van der Waals surface area contributed by atoms with E-state index in [0.717, 1.165) is 6.42 Å². The van der Waals surface area contributed by atoms with E-state index in [2.05, 4.69) is 4.72 Å². The Labute approximate surface area is 129 Å². The molecule has 0 aliphatic heterocycles. The Kier molecular flexibility index (Phi) is 6.54. The molecule has 0 spiro atoms. The summed E-state index contributed by atoms with van der Waals surface area (Å²) in [6, 6.07) is 2.71. The first-order chi connectivity index (χ1) is 9.33. The molecule has 0 fully saturated rings. The van der Waals surface area contributed by atoms with Crippen molar-refractivity contribution in [1.29, 1.82) is 0 Å². The standard InChI is InChI=1S/C12H18Cl2N2O3S/c1-2-8(5-6-17)7-16-20(18,19)10-4-3-9(13)12(15)11(10)14/h3-4,8,16-17H,2,5-7,15H2,1H3. The molecule has 114 valence electrons. The number of aliphatic hydroxyl groups is 1. The van der Waals surface area contributed by atoms with Gasteiger partial charge in [0.25, 0.3) is 0 Å². The fourth-order valence-electron chi connectivity index (χ4n) is 1.70. The molecule has 20 heavy (non-hydrogen) atoms. The normalized spacial score (nSPS) is 13.4. The Balaban J connectivity index is 2.92. The van der Waals surface area contributed by atoms with Crippen molar-refractivity contribution in [2.24, 2.45) is 5.92 Å². The molecule has 0 aromatic heterocycles. The highest BCUT2D eigenvalue weighted by Crippen LogP contribution is 2.33. The van der Waals surface area contributed by atoms with Crippen LogP contribution in [0.4, 0.5) is 5.69 Å². The van der Waals surface area contributed by atoms with E-state index in [1.165, 1.54) is 12.1 Å². The van der Waals surface area contributed by atoms with Gasteiger partial charge in [0.2, 0.25) is 10.0 Å². The molecule has 0 amide bonds. The summed E-state index contributed by atoms with van der Waals surface area (Å²) < 4.78 is 26.8. The van der Waals surface area contributed by atoms with Crippen molar-refractivity contribution in [1.82, 2.24) is 4.72 Å². The number of anilines is 1. The van der Waals surface area contributed by atoms with Crippen molar-refractivity contribution in [2.75, 3.05) is 18.9 Å². The van der Waals surface area contributed by atoms with Crippen LogP contribution in [0.2, 0.25) is 10.0 Å². The lowest BCUT2D eigenvalue weighted by Crippen LogP contribution is -2.30. The van der Waals surface area contributed by atoms with Crippen LogP contribution in [0.25, 0.3) is 0 Å². The van der Waals surface area contributed by atoms with Crippen molar-refractivity contribution in [3.8, 4) is 0 Å². The molecule has 4 N–H and O–H groups in total. The Morgan fingerprint density at radius 2 is 2.05 bits per heavy atom. The zero-order chi connectivity index (χ0) is 15.3. The quantitative estimate of drug-likeness (QED) is 0.663. The molecule has 0 heterocycles. The molecule has 1 aromatic rings. The van der Waals surface area contributed by atoms with E-state index in [9.17, 15) is 8.42 Å². The zero-order valence-electron chi connectivity index (χ0n) is 11.1. The minimum atomic E-state index is -3.76. The summed E-state index contributed by atoms with van der Waals surface area (Å²) in [5.74, 6) is 0.0678. The monoisotopic (exact) mass is 340 g/mol. The van der Waals surface area contributed by atoms with Crippen LogP contribution in [0, 0.1) is 5.92 Å². The van der Waals surface area contributed by atoms with Gasteiger partial charge in [0.15, 0.2) is 0 Å². The number of benzene rings is 1. The van der Waals surface area contributed by atoms with Crippen molar-refractivity contribution in [3.63, 3.8) is 0 Å². The summed E-state index contributed by atoms with van der Waals surface area (Å²) >= 11 is 11.7. The summed E-state index contributed by atoms with van der Waals surface area (Å²) in [7, 11) is -3.76. The maximum Gasteiger partial charge on any atom is 0.242 e. The smallest absolute Gasteiger partial charge is 0.242 e. The maximum atomic E-state index is 12.2. The highest BCUT2D eigenvalue weighted by atomic mass is 35.5. The third-order valence-electron chi connectivity index (χ3n) is 3.06. The second-order valence-corrected chi connectivity index (χ2v) is 6.93. The average molecular weight is 341 g/mol. The van der Waals surface area contributed by atoms with Crippen LogP contribution in [-0.4, -0.2) is 26.7 Å². The van der Waals surface area contributed by atoms with E-state index in [4.69, 9.17) is 34.0 Å². The fourth-order valence-corrected chi connectivity index (χ4v) is 3.57. The summed E-state index contributed by atoms with van der Waals surface area (Å²) in [4.78, 5) is -0.0973. The number of hydrogen-bond donors (Lipinski definition) is 3. The molecule has 8 heteroatoms. The van der Waals surface area contributed by atoms with E-state index in [1.54, 1.807) is 0 Å². The van der Waals surface area contributed by atoms with E-state index in [0.29, 0.717) is 6.42 Å². The van der Waals surface area contributed by atoms with Gasteiger partial charge in [-0.05, 0) is 24.5 Å². The SMILES string of the molecule is CCC(CCO)CNS(=O)(=O)c1ccc(Cl)c(N)c1Cl. The third kappa shape index (κ3) is 4.23. The molecule has 0 saturated carbocycles. The maximum absolute atomic E-state index is 12.2. The molecule has 0 aliphatic carbocycles. The van der Waals surface area contributed by atoms with E-state index in [1.807, 2.05) is 6.92 Å². The molecule has 0 radical (unpaired) electrons. The van der Waals surface area contributed by atoms with Crippen LogP contribution in [-0.2, 0) is 10.0 Å². The van der Waals surface area contributed by atoms with Gasteiger partial charge >= 0.3 is 0 Å². The molecule has 0 bridgehead atoms. The van der Waals surface area contributed by atoms with E-state index >= 15 is 0 Å². The third-order valence-corrected chi connectivity index (χ3v) is 5.37. The van der Waals surface area contributed by atoms with Gasteiger partial charge in [0, 0.05) is 13.2 Å². The number of rotatable bonds is 7. The molecule has 0 aliphatic rings. The first kappa shape index (κ1) is 17.5. The van der Waals surface area contributed by atoms with Crippen LogP contribution in [0.3, 0.4) is 0 Å². The van der Waals surface area contributed by atoms with Crippen molar-refractivity contribution in [2.45, 2.75) is 24.7 Å². The van der Waals surface area contributed by atoms with Gasteiger partial charge in [-0.1, -0.05) is 36.5 Å². The van der Waals surface area contributed by atoms with E-state index in [-0.39, 0.29) is 39.7 Å². The predicted octanol–water partition coefficient (Wildman–Crippen LogP) is 2.26. The topological polar surface area (TPSA) is 92.4 Å². The zero-order valence-corrected chi connectivity index (χ0v) is 13.4. The Bertz CT molecular complexity index is 564. The summed E-state index contributed by atoms with van der Waals surface area (Å²) in [6.07, 6.45) is 1.30. The first-order valence-electron chi connectivity index (χ1n) is 6.17. The first-order valence-corrected chi connectivity index (χ1v) is 8.41. The van der Waals surface area contributed by atoms with Gasteiger partial charge in [0.05, 0.1) is 15.7 Å². The van der Waals surface area contributed by atoms with Gasteiger partial charge < -0.3 is 10.8 Å². The van der Waals surface area contributed by atoms with Crippen LogP contribution in [0.15, 0.2) is 17.0 Å². The van der Waals surface area contributed by atoms with Gasteiger partial charge in [0.1, 0.15) is 4.90 Å². The number of sulfonamides is 1. The largest absolute Gasteiger partial charge is 0.396 e. The summed E-state index contributed by atoms with van der Waals surface area (Å²) in [6.45, 7) is 2.19. The molecule has 5 nitrogen and oxygen atoms in total. The highest BCUT2D eigenvalue weighted by Gasteiger charge is 2.21. The van der Waals surface area contributed by atoms with Crippen molar-refractivity contribution < 1.29 is 13.5 Å². The number of nitrogens with one attached hydrogen (secondary N) is 1. The molecule has 1 unspecified atom stereocenters. The number of nitrogen functional groups attached to an aromatic ring is 1. The Morgan fingerprint density at radius 1 is 1.40 bits per heavy atom. The molecular formula is C12H18Cl2N2O3S. The van der Waals surface area contributed by atoms with Crippen molar-refractivity contribution >= 4 is 38.9 Å². The van der Waals surface area contributed by atoms with Crippen LogP contribution in [0.5, 0.6) is 0 Å². The summed E-state index contributed by atoms with van der Waals surface area (Å²) in [5.41, 5.74) is 5.66. The van der Waals surface area contributed by atoms with Gasteiger partial charge in [-0.15, -0.1) is 0 Å². The summed E-state index contributed by atoms with van der Waals surface area (Å²) in [5, 5.41) is 9.02.